The predicted octanol–water partition coefficient (Wildman–Crippen LogP) is 1.72. The molecule has 0 aromatic rings. The topological polar surface area (TPSA) is 72.8 Å². The minimum atomic E-state index is -0.664. The minimum Gasteiger partial charge on any atom is -0.463 e. The SMILES string of the molecule is CCC(CC(O)CC(C)OC(C)=O)OC(=O)CCS. The summed E-state index contributed by atoms with van der Waals surface area (Å²) in [5.41, 5.74) is 0. The Morgan fingerprint density at radius 3 is 2.37 bits per heavy atom. The summed E-state index contributed by atoms with van der Waals surface area (Å²) >= 11 is 3.96. The third-order valence-electron chi connectivity index (χ3n) is 2.58. The molecule has 0 aromatic heterocycles. The number of ether oxygens (including phenoxy) is 2. The lowest BCUT2D eigenvalue weighted by molar-refractivity contribution is -0.150. The Balaban J connectivity index is 4.08. The molecule has 19 heavy (non-hydrogen) atoms. The van der Waals surface area contributed by atoms with E-state index < -0.39 is 6.10 Å². The van der Waals surface area contributed by atoms with Crippen LogP contribution in [0.4, 0.5) is 0 Å². The predicted molar refractivity (Wildman–Crippen MR) is 75.1 cm³/mol. The van der Waals surface area contributed by atoms with Gasteiger partial charge in [-0.05, 0) is 13.3 Å². The molecule has 0 amide bonds. The molecule has 0 spiro atoms. The van der Waals surface area contributed by atoms with Gasteiger partial charge in [0.05, 0.1) is 12.5 Å². The molecule has 0 aromatic carbocycles. The zero-order valence-electron chi connectivity index (χ0n) is 11.8. The molecule has 5 nitrogen and oxygen atoms in total. The van der Waals surface area contributed by atoms with Crippen LogP contribution in [0.3, 0.4) is 0 Å². The van der Waals surface area contributed by atoms with Gasteiger partial charge in [-0.25, -0.2) is 0 Å². The highest BCUT2D eigenvalue weighted by atomic mass is 32.1. The lowest BCUT2D eigenvalue weighted by Gasteiger charge is -2.21. The number of thiol groups is 1. The minimum absolute atomic E-state index is 0.263. The molecule has 0 saturated carbocycles. The summed E-state index contributed by atoms with van der Waals surface area (Å²) in [7, 11) is 0. The molecule has 0 rings (SSSR count). The number of hydrogen-bond acceptors (Lipinski definition) is 6. The maximum Gasteiger partial charge on any atom is 0.306 e. The van der Waals surface area contributed by atoms with E-state index in [1.807, 2.05) is 6.92 Å². The summed E-state index contributed by atoms with van der Waals surface area (Å²) < 4.78 is 10.2. The fourth-order valence-corrected chi connectivity index (χ4v) is 1.93. The Kier molecular flexibility index (Phi) is 9.69. The molecule has 6 heteroatoms. The third-order valence-corrected chi connectivity index (χ3v) is 2.80. The molecule has 0 radical (unpaired) electrons. The van der Waals surface area contributed by atoms with Gasteiger partial charge in [0.1, 0.15) is 12.2 Å². The second-order valence-corrected chi connectivity index (χ2v) is 4.99. The second-order valence-electron chi connectivity index (χ2n) is 4.54. The molecule has 3 unspecified atom stereocenters. The molecule has 112 valence electrons. The highest BCUT2D eigenvalue weighted by Gasteiger charge is 2.19. The van der Waals surface area contributed by atoms with E-state index in [4.69, 9.17) is 9.47 Å². The van der Waals surface area contributed by atoms with E-state index in [-0.39, 0.29) is 30.6 Å². The van der Waals surface area contributed by atoms with Crippen LogP contribution in [0.1, 0.15) is 46.5 Å². The van der Waals surface area contributed by atoms with Gasteiger partial charge in [-0.2, -0.15) is 12.6 Å². The summed E-state index contributed by atoms with van der Waals surface area (Å²) in [6, 6.07) is 0. The van der Waals surface area contributed by atoms with Crippen molar-refractivity contribution in [2.75, 3.05) is 5.75 Å². The molecular formula is C13H24O5S. The van der Waals surface area contributed by atoms with Crippen molar-refractivity contribution in [2.24, 2.45) is 0 Å². The highest BCUT2D eigenvalue weighted by molar-refractivity contribution is 7.80. The van der Waals surface area contributed by atoms with Gasteiger partial charge in [-0.15, -0.1) is 0 Å². The number of carbonyl (C=O) groups excluding carboxylic acids is 2. The van der Waals surface area contributed by atoms with Gasteiger partial charge in [-0.1, -0.05) is 6.92 Å². The van der Waals surface area contributed by atoms with E-state index in [1.54, 1.807) is 6.92 Å². The quantitative estimate of drug-likeness (QED) is 0.500. The first-order valence-electron chi connectivity index (χ1n) is 6.54. The van der Waals surface area contributed by atoms with Crippen LogP contribution in [-0.2, 0) is 19.1 Å². The molecular weight excluding hydrogens is 268 g/mol. The van der Waals surface area contributed by atoms with Crippen molar-refractivity contribution >= 4 is 24.6 Å². The first-order chi connectivity index (χ1) is 8.88. The van der Waals surface area contributed by atoms with E-state index in [2.05, 4.69) is 12.6 Å². The van der Waals surface area contributed by atoms with Crippen LogP contribution in [0.2, 0.25) is 0 Å². The maximum atomic E-state index is 11.3. The average molecular weight is 292 g/mol. The molecule has 1 N–H and O–H groups in total. The van der Waals surface area contributed by atoms with Crippen molar-refractivity contribution in [1.82, 2.24) is 0 Å². The monoisotopic (exact) mass is 292 g/mol. The van der Waals surface area contributed by atoms with E-state index in [9.17, 15) is 14.7 Å². The zero-order chi connectivity index (χ0) is 14.8. The Labute approximate surface area is 120 Å². The van der Waals surface area contributed by atoms with Crippen molar-refractivity contribution in [3.8, 4) is 0 Å². The van der Waals surface area contributed by atoms with Crippen molar-refractivity contribution in [3.63, 3.8) is 0 Å². The number of aliphatic hydroxyl groups excluding tert-OH is 1. The van der Waals surface area contributed by atoms with E-state index in [0.29, 0.717) is 25.0 Å². The van der Waals surface area contributed by atoms with E-state index in [1.165, 1.54) is 6.92 Å². The summed E-state index contributed by atoms with van der Waals surface area (Å²) in [5.74, 6) is -0.226. The molecule has 0 heterocycles. The van der Waals surface area contributed by atoms with Crippen LogP contribution in [0.25, 0.3) is 0 Å². The Bertz CT molecular complexity index is 282. The second kappa shape index (κ2) is 10.1. The Hall–Kier alpha value is -0.750. The van der Waals surface area contributed by atoms with Gasteiger partial charge >= 0.3 is 11.9 Å². The molecule has 0 aliphatic rings. The number of esters is 2. The lowest BCUT2D eigenvalue weighted by atomic mass is 10.0. The lowest BCUT2D eigenvalue weighted by Crippen LogP contribution is -2.27. The van der Waals surface area contributed by atoms with Crippen LogP contribution < -0.4 is 0 Å². The van der Waals surface area contributed by atoms with E-state index in [0.717, 1.165) is 0 Å². The number of rotatable bonds is 9. The summed E-state index contributed by atoms with van der Waals surface area (Å²) in [6.45, 7) is 4.94. The fourth-order valence-electron chi connectivity index (χ4n) is 1.75. The van der Waals surface area contributed by atoms with Crippen LogP contribution in [-0.4, -0.2) is 41.1 Å². The third kappa shape index (κ3) is 9.78. The van der Waals surface area contributed by atoms with Crippen LogP contribution >= 0.6 is 12.6 Å². The molecule has 0 aliphatic carbocycles. The van der Waals surface area contributed by atoms with Gasteiger partial charge in [0.25, 0.3) is 0 Å². The zero-order valence-corrected chi connectivity index (χ0v) is 12.7. The normalized spacial score (nSPS) is 15.4. The summed E-state index contributed by atoms with van der Waals surface area (Å²) in [6.07, 6.45) is 0.255. The smallest absolute Gasteiger partial charge is 0.306 e. The molecule has 3 atom stereocenters. The fraction of sp³-hybridized carbons (Fsp3) is 0.846. The Morgan fingerprint density at radius 2 is 1.89 bits per heavy atom. The number of hydrogen-bond donors (Lipinski definition) is 2. The van der Waals surface area contributed by atoms with Crippen LogP contribution in [0.15, 0.2) is 0 Å². The number of aliphatic hydroxyl groups is 1. The van der Waals surface area contributed by atoms with Gasteiger partial charge in [-0.3, -0.25) is 9.59 Å². The van der Waals surface area contributed by atoms with Gasteiger partial charge < -0.3 is 14.6 Å². The van der Waals surface area contributed by atoms with Gasteiger partial charge in [0.15, 0.2) is 0 Å². The van der Waals surface area contributed by atoms with Crippen molar-refractivity contribution < 1.29 is 24.2 Å². The van der Waals surface area contributed by atoms with Gasteiger partial charge in [0.2, 0.25) is 0 Å². The molecule has 0 fully saturated rings. The molecule has 0 saturated heterocycles. The average Bonchev–Trinajstić information content (AvgIpc) is 2.26. The largest absolute Gasteiger partial charge is 0.463 e. The first-order valence-corrected chi connectivity index (χ1v) is 7.17. The van der Waals surface area contributed by atoms with Crippen molar-refractivity contribution in [3.05, 3.63) is 0 Å². The maximum absolute atomic E-state index is 11.3. The van der Waals surface area contributed by atoms with Crippen LogP contribution in [0, 0.1) is 0 Å². The highest BCUT2D eigenvalue weighted by Crippen LogP contribution is 2.13. The van der Waals surface area contributed by atoms with Crippen molar-refractivity contribution in [2.45, 2.75) is 64.8 Å². The first kappa shape index (κ1) is 18.2. The number of carbonyl (C=O) groups is 2. The van der Waals surface area contributed by atoms with Crippen molar-refractivity contribution in [1.29, 1.82) is 0 Å². The summed E-state index contributed by atoms with van der Waals surface area (Å²) in [4.78, 5) is 22.1. The summed E-state index contributed by atoms with van der Waals surface area (Å²) in [5, 5.41) is 9.88. The van der Waals surface area contributed by atoms with Gasteiger partial charge in [0, 0.05) is 25.5 Å². The van der Waals surface area contributed by atoms with Crippen LogP contribution in [0.5, 0.6) is 0 Å². The Morgan fingerprint density at radius 1 is 1.26 bits per heavy atom. The molecule has 0 aliphatic heterocycles. The van der Waals surface area contributed by atoms with E-state index >= 15 is 0 Å². The molecule has 0 bridgehead atoms. The standard InChI is InChI=1S/C13H24O5S/c1-4-12(18-13(16)5-6-19)8-11(15)7-9(2)17-10(3)14/h9,11-12,15,19H,4-8H2,1-3H3.